The Balaban J connectivity index is 1.41. The van der Waals surface area contributed by atoms with E-state index in [1.54, 1.807) is 11.9 Å². The van der Waals surface area contributed by atoms with Gasteiger partial charge in [0.15, 0.2) is 0 Å². The topological polar surface area (TPSA) is 112 Å². The normalized spacial score (nSPS) is 25.0. The minimum absolute atomic E-state index is 0.000527. The molecule has 2 aromatic heterocycles. The molecule has 14 heteroatoms. The Morgan fingerprint density at radius 1 is 1.24 bits per heavy atom. The van der Waals surface area contributed by atoms with E-state index in [-0.39, 0.29) is 67.2 Å². The zero-order chi connectivity index (χ0) is 31.8. The molecule has 0 radical (unpaired) electrons. The number of rotatable bonds is 6. The van der Waals surface area contributed by atoms with Crippen molar-refractivity contribution in [3.05, 3.63) is 41.2 Å². The zero-order valence-corrected chi connectivity index (χ0v) is 25.0. The predicted octanol–water partition coefficient (Wildman–Crippen LogP) is 6.04. The lowest BCUT2D eigenvalue weighted by atomic mass is 9.88. The summed E-state index contributed by atoms with van der Waals surface area (Å²) in [5.74, 6) is -0.505. The summed E-state index contributed by atoms with van der Waals surface area (Å²) in [6.07, 6.45) is -3.53. The number of aliphatic hydroxyl groups excluding tert-OH is 1. The van der Waals surface area contributed by atoms with Crippen LogP contribution in [0.4, 0.5) is 32.8 Å². The highest BCUT2D eigenvalue weighted by molar-refractivity contribution is 7.23. The number of nitrogen functional groups attached to an aromatic ring is 1. The molecule has 45 heavy (non-hydrogen) atoms. The fourth-order valence-electron chi connectivity index (χ4n) is 7.15. The molecule has 2 aliphatic heterocycles. The number of halogens is 5. The molecule has 3 aliphatic rings. The number of anilines is 2. The average Bonchev–Trinajstić information content (AvgIpc) is 3.62. The molecular formula is C31H29F5N6O2S. The number of ether oxygens (including phenoxy) is 1. The second-order valence-electron chi connectivity index (χ2n) is 12.2. The van der Waals surface area contributed by atoms with E-state index in [1.807, 2.05) is 6.07 Å². The van der Waals surface area contributed by atoms with Crippen LogP contribution in [0, 0.1) is 17.1 Å². The first-order valence-corrected chi connectivity index (χ1v) is 15.5. The van der Waals surface area contributed by atoms with Gasteiger partial charge in [-0.3, -0.25) is 4.90 Å². The van der Waals surface area contributed by atoms with Crippen molar-refractivity contribution in [3.63, 3.8) is 0 Å². The standard InChI is InChI=1S/C31H29F5N6O2S/c1-41(16-7-17(43)8-16)28-20-9-22(31(34,35)36)19(18-3-4-23(33)26-25(18)21(12-37)27(38)45-26)10-24(20)39-29(40-28)44-14-30-5-2-6-42(30)13-15(32)11-30/h3-4,9-10,15-17,43H,2,5-8,11,13-14,38H2,1H3. The highest BCUT2D eigenvalue weighted by Crippen LogP contribution is 2.47. The maximum absolute atomic E-state index is 14.8. The van der Waals surface area contributed by atoms with E-state index in [0.29, 0.717) is 25.8 Å². The van der Waals surface area contributed by atoms with Gasteiger partial charge in [-0.25, -0.2) is 8.78 Å². The first-order chi connectivity index (χ1) is 21.4. The smallest absolute Gasteiger partial charge is 0.417 e. The van der Waals surface area contributed by atoms with Crippen molar-refractivity contribution in [2.24, 2.45) is 0 Å². The molecule has 0 bridgehead atoms. The number of benzene rings is 2. The summed E-state index contributed by atoms with van der Waals surface area (Å²) in [5.41, 5.74) is 4.18. The van der Waals surface area contributed by atoms with E-state index in [4.69, 9.17) is 10.5 Å². The molecule has 2 aromatic carbocycles. The number of nitrogens with two attached hydrogens (primary N) is 1. The number of hydrogen-bond acceptors (Lipinski definition) is 9. The van der Waals surface area contributed by atoms with Crippen LogP contribution in [0.15, 0.2) is 24.3 Å². The summed E-state index contributed by atoms with van der Waals surface area (Å²) < 4.78 is 79.6. The van der Waals surface area contributed by atoms with Crippen LogP contribution in [-0.2, 0) is 6.18 Å². The van der Waals surface area contributed by atoms with Gasteiger partial charge in [0.05, 0.1) is 33.0 Å². The quantitative estimate of drug-likeness (QED) is 0.245. The molecule has 2 unspecified atom stereocenters. The van der Waals surface area contributed by atoms with E-state index >= 15 is 0 Å². The van der Waals surface area contributed by atoms with E-state index in [0.717, 1.165) is 42.9 Å². The SMILES string of the molecule is CN(c1nc(OCC23CCCN2CC(F)C3)nc2cc(-c3ccc(F)c4sc(N)c(C#N)c34)c(C(F)(F)F)cc12)C1CC(O)C1. The van der Waals surface area contributed by atoms with Gasteiger partial charge >= 0.3 is 12.2 Å². The summed E-state index contributed by atoms with van der Waals surface area (Å²) in [6.45, 7) is 1.21. The first-order valence-electron chi connectivity index (χ1n) is 14.7. The van der Waals surface area contributed by atoms with Crippen molar-refractivity contribution in [2.45, 2.75) is 62.1 Å². The molecule has 8 nitrogen and oxygen atoms in total. The Morgan fingerprint density at radius 2 is 2.02 bits per heavy atom. The number of aromatic nitrogens is 2. The summed E-state index contributed by atoms with van der Waals surface area (Å²) in [4.78, 5) is 12.9. The van der Waals surface area contributed by atoms with Crippen LogP contribution in [0.1, 0.15) is 43.2 Å². The average molecular weight is 645 g/mol. The molecule has 4 heterocycles. The Hall–Kier alpha value is -3.80. The molecule has 0 spiro atoms. The Bertz CT molecular complexity index is 1870. The van der Waals surface area contributed by atoms with Gasteiger partial charge in [-0.1, -0.05) is 6.07 Å². The van der Waals surface area contributed by atoms with Crippen LogP contribution in [-0.4, -0.2) is 70.6 Å². The monoisotopic (exact) mass is 644 g/mol. The maximum Gasteiger partial charge on any atom is 0.417 e. The van der Waals surface area contributed by atoms with Crippen molar-refractivity contribution >= 4 is 43.1 Å². The second kappa shape index (κ2) is 10.6. The van der Waals surface area contributed by atoms with Gasteiger partial charge < -0.3 is 20.5 Å². The molecule has 4 aromatic rings. The van der Waals surface area contributed by atoms with Gasteiger partial charge in [0, 0.05) is 36.8 Å². The van der Waals surface area contributed by atoms with E-state index in [2.05, 4.69) is 14.9 Å². The Labute approximate surface area is 258 Å². The molecule has 2 atom stereocenters. The third kappa shape index (κ3) is 4.92. The number of hydrogen-bond donors (Lipinski definition) is 2. The summed E-state index contributed by atoms with van der Waals surface area (Å²) in [5, 5.41) is 19.8. The first kappa shape index (κ1) is 29.9. The largest absolute Gasteiger partial charge is 0.461 e. The zero-order valence-electron chi connectivity index (χ0n) is 24.2. The van der Waals surface area contributed by atoms with Crippen LogP contribution < -0.4 is 15.4 Å². The number of fused-ring (bicyclic) bond motifs is 3. The van der Waals surface area contributed by atoms with Gasteiger partial charge in [-0.15, -0.1) is 11.3 Å². The number of nitriles is 1. The van der Waals surface area contributed by atoms with Crippen LogP contribution in [0.3, 0.4) is 0 Å². The van der Waals surface area contributed by atoms with Crippen molar-refractivity contribution < 1.29 is 31.8 Å². The molecule has 3 N–H and O–H groups in total. The van der Waals surface area contributed by atoms with Crippen molar-refractivity contribution in [2.75, 3.05) is 37.4 Å². The molecule has 236 valence electrons. The van der Waals surface area contributed by atoms with E-state index in [9.17, 15) is 32.3 Å². The summed E-state index contributed by atoms with van der Waals surface area (Å²) in [7, 11) is 1.70. The van der Waals surface area contributed by atoms with Crippen LogP contribution in [0.2, 0.25) is 0 Å². The van der Waals surface area contributed by atoms with Crippen LogP contribution >= 0.6 is 11.3 Å². The lowest BCUT2D eigenvalue weighted by molar-refractivity contribution is -0.137. The highest BCUT2D eigenvalue weighted by Gasteiger charge is 2.49. The summed E-state index contributed by atoms with van der Waals surface area (Å²) in [6, 6.07) is 6.16. The third-order valence-corrected chi connectivity index (χ3v) is 10.5. The number of thiophene rings is 1. The van der Waals surface area contributed by atoms with E-state index in [1.165, 1.54) is 12.1 Å². The van der Waals surface area contributed by atoms with Gasteiger partial charge in [0.2, 0.25) is 0 Å². The van der Waals surface area contributed by atoms with Crippen LogP contribution in [0.5, 0.6) is 6.01 Å². The lowest BCUT2D eigenvalue weighted by Gasteiger charge is -2.39. The van der Waals surface area contributed by atoms with Crippen LogP contribution in [0.25, 0.3) is 32.1 Å². The third-order valence-electron chi connectivity index (χ3n) is 9.52. The summed E-state index contributed by atoms with van der Waals surface area (Å²) >= 11 is 0.798. The minimum atomic E-state index is -4.84. The van der Waals surface area contributed by atoms with E-state index < -0.39 is 35.4 Å². The molecule has 0 amide bonds. The molecule has 1 aliphatic carbocycles. The maximum atomic E-state index is 14.8. The van der Waals surface area contributed by atoms with Crippen molar-refractivity contribution in [3.8, 4) is 23.2 Å². The molecule has 7 rings (SSSR count). The Morgan fingerprint density at radius 3 is 2.73 bits per heavy atom. The van der Waals surface area contributed by atoms with Crippen molar-refractivity contribution in [1.82, 2.24) is 14.9 Å². The molecular weight excluding hydrogens is 615 g/mol. The minimum Gasteiger partial charge on any atom is -0.461 e. The number of nitrogens with zero attached hydrogens (tertiary/aromatic N) is 5. The highest BCUT2D eigenvalue weighted by atomic mass is 32.1. The molecule has 3 fully saturated rings. The Kier molecular flexibility index (Phi) is 7.07. The number of aliphatic hydroxyl groups is 1. The van der Waals surface area contributed by atoms with Gasteiger partial charge in [0.1, 0.15) is 35.5 Å². The van der Waals surface area contributed by atoms with Gasteiger partial charge in [0.25, 0.3) is 0 Å². The fourth-order valence-corrected chi connectivity index (χ4v) is 8.10. The molecule has 1 saturated carbocycles. The second-order valence-corrected chi connectivity index (χ2v) is 13.3. The van der Waals surface area contributed by atoms with Gasteiger partial charge in [-0.05, 0) is 61.6 Å². The fraction of sp³-hybridized carbons (Fsp3) is 0.452. The molecule has 2 saturated heterocycles. The van der Waals surface area contributed by atoms with Gasteiger partial charge in [-0.2, -0.15) is 28.4 Å². The predicted molar refractivity (Wildman–Crippen MR) is 160 cm³/mol. The van der Waals surface area contributed by atoms with Crippen molar-refractivity contribution in [1.29, 1.82) is 5.26 Å². The lowest BCUT2D eigenvalue weighted by Crippen LogP contribution is -2.46. The number of alkyl halides is 4.